The number of anilines is 1. The zero-order valence-corrected chi connectivity index (χ0v) is 36.7. The number of halogens is 4. The van der Waals surface area contributed by atoms with Crippen molar-refractivity contribution < 1.29 is 60.6 Å². The standard InChI is InChI=1S/C46H49F4N9O9/c47-32-24-58(39(62)21-27-10-12-29(13-11-27)68-46(48,49)50)20-16-36(32)67-43-31(41(51)63)22-28(23-54-43)34-25-57(26-55-34)19-6-9-37(60)53-18-4-2-1-3-17-52-33-8-5-7-30-40(33)45(66)59(44(30)65)35-14-15-38(61)56-42(35)64/h5,7-8,10-13,22-23,25-26,32,35-36,52H,1-4,6,9,14-21,24H2,(H2,51,63)(H,53,60)(H,56,61,64)/t32-,35?,36-/m1/s1. The second-order valence-electron chi connectivity index (χ2n) is 16.6. The molecule has 1 unspecified atom stereocenters. The molecule has 68 heavy (non-hydrogen) atoms. The van der Waals surface area contributed by atoms with Gasteiger partial charge in [-0.25, -0.2) is 14.4 Å². The minimum absolute atomic E-state index is 0.0421. The largest absolute Gasteiger partial charge is 0.573 e. The lowest BCUT2D eigenvalue weighted by molar-refractivity contribution is -0.274. The van der Waals surface area contributed by atoms with Gasteiger partial charge in [-0.05, 0) is 61.6 Å². The zero-order valence-electron chi connectivity index (χ0n) is 36.7. The number of amides is 7. The van der Waals surface area contributed by atoms with Crippen molar-refractivity contribution >= 4 is 47.0 Å². The van der Waals surface area contributed by atoms with Gasteiger partial charge in [0.2, 0.25) is 29.5 Å². The van der Waals surface area contributed by atoms with Crippen molar-refractivity contribution in [3.63, 3.8) is 0 Å². The monoisotopic (exact) mass is 947 g/mol. The van der Waals surface area contributed by atoms with Crippen molar-refractivity contribution in [2.75, 3.05) is 31.5 Å². The Bertz CT molecular complexity index is 2550. The molecule has 0 bridgehead atoms. The Morgan fingerprint density at radius 3 is 2.41 bits per heavy atom. The lowest BCUT2D eigenvalue weighted by Gasteiger charge is -2.34. The second-order valence-corrected chi connectivity index (χ2v) is 16.6. The van der Waals surface area contributed by atoms with Crippen LogP contribution in [0, 0.1) is 0 Å². The summed E-state index contributed by atoms with van der Waals surface area (Å²) in [5, 5.41) is 8.36. The number of unbranched alkanes of at least 4 members (excludes halogenated alkanes) is 3. The van der Waals surface area contributed by atoms with Crippen LogP contribution in [0.1, 0.15) is 94.4 Å². The molecule has 2 aromatic heterocycles. The Morgan fingerprint density at radius 2 is 1.69 bits per heavy atom. The number of primary amides is 1. The fourth-order valence-corrected chi connectivity index (χ4v) is 8.20. The number of hydrogen-bond donors (Lipinski definition) is 4. The summed E-state index contributed by atoms with van der Waals surface area (Å²) in [5.74, 6) is -4.22. The topological polar surface area (TPSA) is 237 Å². The van der Waals surface area contributed by atoms with Crippen LogP contribution in [0.3, 0.4) is 0 Å². The van der Waals surface area contributed by atoms with Gasteiger partial charge >= 0.3 is 6.36 Å². The maximum Gasteiger partial charge on any atom is 0.573 e. The van der Waals surface area contributed by atoms with Gasteiger partial charge in [0.25, 0.3) is 17.7 Å². The summed E-state index contributed by atoms with van der Waals surface area (Å²) in [4.78, 5) is 99.0. The van der Waals surface area contributed by atoms with Crippen LogP contribution in [0.5, 0.6) is 11.6 Å². The number of carbonyl (C=O) groups excluding carboxylic acids is 7. The van der Waals surface area contributed by atoms with Gasteiger partial charge in [-0.1, -0.05) is 31.0 Å². The molecular weight excluding hydrogens is 899 g/mol. The number of imide groups is 2. The maximum absolute atomic E-state index is 15.4. The number of fused-ring (bicyclic) bond motifs is 1. The number of ether oxygens (including phenoxy) is 2. The van der Waals surface area contributed by atoms with Gasteiger partial charge in [0.15, 0.2) is 6.17 Å². The number of rotatable bonds is 20. The molecule has 3 aliphatic heterocycles. The minimum Gasteiger partial charge on any atom is -0.471 e. The molecule has 4 aromatic rings. The van der Waals surface area contributed by atoms with Crippen LogP contribution in [0.25, 0.3) is 11.3 Å². The lowest BCUT2D eigenvalue weighted by atomic mass is 10.0. The van der Waals surface area contributed by atoms with E-state index in [1.807, 2.05) is 0 Å². The van der Waals surface area contributed by atoms with Gasteiger partial charge in [0.1, 0.15) is 23.5 Å². The highest BCUT2D eigenvalue weighted by Crippen LogP contribution is 2.33. The van der Waals surface area contributed by atoms with Gasteiger partial charge in [-0.2, -0.15) is 0 Å². The third-order valence-corrected chi connectivity index (χ3v) is 11.7. The highest BCUT2D eigenvalue weighted by atomic mass is 19.4. The molecule has 2 saturated heterocycles. The van der Waals surface area contributed by atoms with Gasteiger partial charge < -0.3 is 35.3 Å². The number of nitrogens with zero attached hydrogens (tertiary/aromatic N) is 5. The molecule has 3 atom stereocenters. The Labute approximate surface area is 386 Å². The number of nitrogens with one attached hydrogen (secondary N) is 3. The number of nitrogens with two attached hydrogens (primary N) is 1. The van der Waals surface area contributed by atoms with E-state index in [-0.39, 0.29) is 73.7 Å². The Balaban J connectivity index is 0.783. The summed E-state index contributed by atoms with van der Waals surface area (Å²) in [7, 11) is 0. The Kier molecular flexibility index (Phi) is 15.3. The molecule has 0 spiro atoms. The normalized spacial score (nSPS) is 18.3. The molecule has 18 nitrogen and oxygen atoms in total. The van der Waals surface area contributed by atoms with Crippen LogP contribution < -0.4 is 31.2 Å². The van der Waals surface area contributed by atoms with Crippen LogP contribution in [0.2, 0.25) is 0 Å². The van der Waals surface area contributed by atoms with E-state index in [9.17, 15) is 46.7 Å². The van der Waals surface area contributed by atoms with Gasteiger partial charge in [-0.3, -0.25) is 43.8 Å². The summed E-state index contributed by atoms with van der Waals surface area (Å²) in [6.07, 6.45) is 1.25. The number of piperidine rings is 2. The first kappa shape index (κ1) is 48.5. The molecule has 360 valence electrons. The average molecular weight is 948 g/mol. The second kappa shape index (κ2) is 21.5. The van der Waals surface area contributed by atoms with E-state index in [2.05, 4.69) is 30.7 Å². The van der Waals surface area contributed by atoms with Crippen LogP contribution in [0.15, 0.2) is 67.3 Å². The number of likely N-dealkylation sites (tertiary alicyclic amines) is 1. The first-order valence-corrected chi connectivity index (χ1v) is 22.1. The molecular formula is C46H49F4N9O9. The smallest absolute Gasteiger partial charge is 0.471 e. The van der Waals surface area contributed by atoms with Crippen molar-refractivity contribution in [2.45, 2.75) is 95.4 Å². The number of imidazole rings is 1. The number of alkyl halides is 4. The van der Waals surface area contributed by atoms with E-state index < -0.39 is 65.9 Å². The van der Waals surface area contributed by atoms with Crippen LogP contribution in [0.4, 0.5) is 23.2 Å². The minimum atomic E-state index is -4.85. The molecule has 0 radical (unpaired) electrons. The van der Waals surface area contributed by atoms with Gasteiger partial charge in [-0.15, -0.1) is 13.2 Å². The van der Waals surface area contributed by atoms with Crippen LogP contribution in [-0.2, 0) is 32.1 Å². The summed E-state index contributed by atoms with van der Waals surface area (Å²) in [6.45, 7) is 1.34. The number of pyridine rings is 1. The summed E-state index contributed by atoms with van der Waals surface area (Å²) in [6, 6.07) is 10.2. The molecule has 2 aromatic carbocycles. The quantitative estimate of drug-likeness (QED) is 0.0546. The number of aromatic nitrogens is 3. The summed E-state index contributed by atoms with van der Waals surface area (Å²) < 4.78 is 64.2. The van der Waals surface area contributed by atoms with Crippen molar-refractivity contribution in [3.05, 3.63) is 89.5 Å². The van der Waals surface area contributed by atoms with Gasteiger partial charge in [0.05, 0.1) is 36.1 Å². The van der Waals surface area contributed by atoms with Crippen molar-refractivity contribution in [3.8, 4) is 22.9 Å². The van der Waals surface area contributed by atoms with E-state index in [0.29, 0.717) is 48.6 Å². The van der Waals surface area contributed by atoms with Crippen molar-refractivity contribution in [2.24, 2.45) is 5.73 Å². The fraction of sp³-hybridized carbons (Fsp3) is 0.413. The SMILES string of the molecule is NC(=O)c1cc(-c2cn(CCCC(=O)NCCCCCCNc3cccc4c3C(=O)N(C3CCC(=O)NC3=O)C4=O)cn2)cnc1O[C@@H]1CCN(C(=O)Cc2ccc(OC(F)(F)F)cc2)C[C@H]1F. The molecule has 0 aliphatic carbocycles. The number of aryl methyl sites for hydroxylation is 1. The first-order chi connectivity index (χ1) is 32.5. The highest BCUT2D eigenvalue weighted by molar-refractivity contribution is 6.25. The molecule has 0 saturated carbocycles. The lowest BCUT2D eigenvalue weighted by Crippen LogP contribution is -2.54. The summed E-state index contributed by atoms with van der Waals surface area (Å²) in [5.41, 5.74) is 7.82. The van der Waals surface area contributed by atoms with E-state index in [1.54, 1.807) is 35.3 Å². The molecule has 2 fully saturated rings. The molecule has 22 heteroatoms. The summed E-state index contributed by atoms with van der Waals surface area (Å²) >= 11 is 0. The molecule has 5 N–H and O–H groups in total. The molecule has 3 aliphatic rings. The fourth-order valence-electron chi connectivity index (χ4n) is 8.20. The highest BCUT2D eigenvalue weighted by Gasteiger charge is 2.45. The van der Waals surface area contributed by atoms with Crippen LogP contribution >= 0.6 is 0 Å². The van der Waals surface area contributed by atoms with E-state index in [1.165, 1.54) is 29.3 Å². The van der Waals surface area contributed by atoms with Gasteiger partial charge in [0, 0.05) is 69.1 Å². The molecule has 7 amide bonds. The number of carbonyl (C=O) groups is 7. The third-order valence-electron chi connectivity index (χ3n) is 11.7. The molecule has 5 heterocycles. The van der Waals surface area contributed by atoms with Crippen molar-refractivity contribution in [1.82, 2.24) is 35.0 Å². The predicted octanol–water partition coefficient (Wildman–Crippen LogP) is 4.47. The zero-order chi connectivity index (χ0) is 48.5. The number of benzene rings is 2. The number of hydrogen-bond acceptors (Lipinski definition) is 12. The predicted molar refractivity (Wildman–Crippen MR) is 234 cm³/mol. The van der Waals surface area contributed by atoms with E-state index in [0.717, 1.165) is 42.7 Å². The van der Waals surface area contributed by atoms with Crippen molar-refractivity contribution in [1.29, 1.82) is 0 Å². The third kappa shape index (κ3) is 12.1. The van der Waals surface area contributed by atoms with E-state index in [4.69, 9.17) is 10.5 Å². The molecule has 7 rings (SSSR count). The Hall–Kier alpha value is -7.39. The first-order valence-electron chi connectivity index (χ1n) is 22.1. The van der Waals surface area contributed by atoms with E-state index >= 15 is 4.39 Å². The Morgan fingerprint density at radius 1 is 0.926 bits per heavy atom. The van der Waals surface area contributed by atoms with Crippen LogP contribution in [-0.4, -0.2) is 117 Å². The average Bonchev–Trinajstić information content (AvgIpc) is 3.87. The maximum atomic E-state index is 15.4.